The van der Waals surface area contributed by atoms with E-state index in [2.05, 4.69) is 15.2 Å². The van der Waals surface area contributed by atoms with Crippen molar-refractivity contribution in [3.8, 4) is 11.3 Å². The highest BCUT2D eigenvalue weighted by Gasteiger charge is 2.20. The zero-order valence-electron chi connectivity index (χ0n) is 15.1. The molecule has 0 spiro atoms. The van der Waals surface area contributed by atoms with Gasteiger partial charge >= 0.3 is 0 Å². The standard InChI is InChI=1S/C20H21ClFN5/c1-26-8-5-15(12-26)18-11-24-19-20(25-18)27(7-2-6-23-19)13-16-9-14(10-22)3-4-17(16)21/h3-5,8-9,11-12H,2,6-7,10,13H2,1H3,(H,23,24). The van der Waals surface area contributed by atoms with Gasteiger partial charge < -0.3 is 14.8 Å². The van der Waals surface area contributed by atoms with Crippen LogP contribution in [0.15, 0.2) is 42.9 Å². The average molecular weight is 386 g/mol. The Kier molecular flexibility index (Phi) is 4.99. The van der Waals surface area contributed by atoms with Crippen molar-refractivity contribution in [2.45, 2.75) is 19.6 Å². The zero-order valence-corrected chi connectivity index (χ0v) is 15.9. The van der Waals surface area contributed by atoms with E-state index in [9.17, 15) is 4.39 Å². The van der Waals surface area contributed by atoms with Gasteiger partial charge in [-0.15, -0.1) is 0 Å². The molecule has 1 aliphatic rings. The van der Waals surface area contributed by atoms with Gasteiger partial charge in [0, 0.05) is 49.7 Å². The number of nitrogens with zero attached hydrogens (tertiary/aromatic N) is 4. The lowest BCUT2D eigenvalue weighted by molar-refractivity contribution is 0.485. The van der Waals surface area contributed by atoms with Crippen LogP contribution < -0.4 is 10.2 Å². The van der Waals surface area contributed by atoms with Crippen LogP contribution in [0.5, 0.6) is 0 Å². The van der Waals surface area contributed by atoms with E-state index >= 15 is 0 Å². The molecule has 2 aromatic heterocycles. The van der Waals surface area contributed by atoms with Crippen LogP contribution >= 0.6 is 11.6 Å². The topological polar surface area (TPSA) is 46.0 Å². The minimum Gasteiger partial charge on any atom is -0.367 e. The van der Waals surface area contributed by atoms with Crippen LogP contribution in [0.4, 0.5) is 16.0 Å². The largest absolute Gasteiger partial charge is 0.367 e. The summed E-state index contributed by atoms with van der Waals surface area (Å²) in [6.45, 7) is 1.72. The molecule has 5 nitrogen and oxygen atoms in total. The van der Waals surface area contributed by atoms with E-state index < -0.39 is 6.67 Å². The number of rotatable bonds is 4. The van der Waals surface area contributed by atoms with Crippen molar-refractivity contribution in [3.63, 3.8) is 0 Å². The van der Waals surface area contributed by atoms with Gasteiger partial charge in [0.15, 0.2) is 11.6 Å². The summed E-state index contributed by atoms with van der Waals surface area (Å²) in [5.41, 5.74) is 3.37. The minimum atomic E-state index is -0.500. The smallest absolute Gasteiger partial charge is 0.172 e. The van der Waals surface area contributed by atoms with E-state index in [1.165, 1.54) is 0 Å². The van der Waals surface area contributed by atoms with Crippen molar-refractivity contribution in [1.29, 1.82) is 0 Å². The van der Waals surface area contributed by atoms with Gasteiger partial charge in [-0.2, -0.15) is 0 Å². The first-order valence-corrected chi connectivity index (χ1v) is 9.33. The summed E-state index contributed by atoms with van der Waals surface area (Å²) >= 11 is 6.37. The van der Waals surface area contributed by atoms with Crippen LogP contribution in [0.3, 0.4) is 0 Å². The molecule has 0 radical (unpaired) electrons. The fourth-order valence-corrected chi connectivity index (χ4v) is 3.47. The molecule has 1 aliphatic heterocycles. The first-order valence-electron chi connectivity index (χ1n) is 8.95. The van der Waals surface area contributed by atoms with Crippen LogP contribution in [-0.2, 0) is 20.3 Å². The summed E-state index contributed by atoms with van der Waals surface area (Å²) in [6, 6.07) is 7.33. The molecule has 3 heterocycles. The number of hydrogen-bond acceptors (Lipinski definition) is 4. The zero-order chi connectivity index (χ0) is 18.8. The molecule has 0 saturated carbocycles. The van der Waals surface area contributed by atoms with E-state index in [-0.39, 0.29) is 0 Å². The number of benzene rings is 1. The highest BCUT2D eigenvalue weighted by Crippen LogP contribution is 2.30. The van der Waals surface area contributed by atoms with Gasteiger partial charge in [-0.25, -0.2) is 14.4 Å². The molecule has 0 aliphatic carbocycles. The lowest BCUT2D eigenvalue weighted by atomic mass is 10.1. The Morgan fingerprint density at radius 2 is 2.19 bits per heavy atom. The SMILES string of the molecule is Cn1ccc(-c2cnc3c(n2)N(Cc2cc(CF)ccc2Cl)CCCN3)c1. The van der Waals surface area contributed by atoms with Gasteiger partial charge in [0.1, 0.15) is 6.67 Å². The van der Waals surface area contributed by atoms with Crippen molar-refractivity contribution in [2.75, 3.05) is 23.3 Å². The second-order valence-corrected chi connectivity index (χ2v) is 7.16. The Morgan fingerprint density at radius 3 is 2.96 bits per heavy atom. The maximum atomic E-state index is 13.1. The average Bonchev–Trinajstić information content (AvgIpc) is 3.02. The van der Waals surface area contributed by atoms with Gasteiger partial charge in [-0.05, 0) is 35.7 Å². The normalized spacial score (nSPS) is 13.8. The molecule has 1 N–H and O–H groups in total. The van der Waals surface area contributed by atoms with Crippen molar-refractivity contribution in [1.82, 2.24) is 14.5 Å². The molecule has 3 aromatic rings. The highest BCUT2D eigenvalue weighted by molar-refractivity contribution is 6.31. The van der Waals surface area contributed by atoms with E-state index in [0.29, 0.717) is 17.1 Å². The molecule has 0 bridgehead atoms. The van der Waals surface area contributed by atoms with Gasteiger partial charge in [0.05, 0.1) is 11.9 Å². The first kappa shape index (κ1) is 17.8. The highest BCUT2D eigenvalue weighted by atomic mass is 35.5. The van der Waals surface area contributed by atoms with E-state index in [1.807, 2.05) is 36.1 Å². The van der Waals surface area contributed by atoms with E-state index in [1.54, 1.807) is 18.3 Å². The number of hydrogen-bond donors (Lipinski definition) is 1. The Bertz CT molecular complexity index is 955. The third-order valence-corrected chi connectivity index (χ3v) is 5.07. The molecule has 0 saturated heterocycles. The van der Waals surface area contributed by atoms with E-state index in [0.717, 1.165) is 48.0 Å². The van der Waals surface area contributed by atoms with E-state index in [4.69, 9.17) is 16.6 Å². The lowest BCUT2D eigenvalue weighted by Gasteiger charge is -2.24. The van der Waals surface area contributed by atoms with Gasteiger partial charge in [-0.3, -0.25) is 0 Å². The molecular formula is C20H21ClFN5. The Labute approximate surface area is 162 Å². The molecule has 27 heavy (non-hydrogen) atoms. The van der Waals surface area contributed by atoms with Gasteiger partial charge in [0.2, 0.25) is 0 Å². The Morgan fingerprint density at radius 1 is 1.30 bits per heavy atom. The monoisotopic (exact) mass is 385 g/mol. The summed E-state index contributed by atoms with van der Waals surface area (Å²) < 4.78 is 15.1. The number of aryl methyl sites for hydroxylation is 1. The molecule has 0 fully saturated rings. The van der Waals surface area contributed by atoms with Crippen molar-refractivity contribution < 1.29 is 4.39 Å². The number of alkyl halides is 1. The number of halogens is 2. The molecule has 0 amide bonds. The van der Waals surface area contributed by atoms with Gasteiger partial charge in [0.25, 0.3) is 0 Å². The summed E-state index contributed by atoms with van der Waals surface area (Å²) in [4.78, 5) is 11.6. The second-order valence-electron chi connectivity index (χ2n) is 6.75. The van der Waals surface area contributed by atoms with Crippen molar-refractivity contribution in [2.24, 2.45) is 7.05 Å². The number of anilines is 2. The summed E-state index contributed by atoms with van der Waals surface area (Å²) in [5.74, 6) is 1.57. The van der Waals surface area contributed by atoms with Gasteiger partial charge in [-0.1, -0.05) is 17.7 Å². The molecule has 4 rings (SSSR count). The third-order valence-electron chi connectivity index (χ3n) is 4.70. The Hall–Kier alpha value is -2.60. The lowest BCUT2D eigenvalue weighted by Crippen LogP contribution is -2.25. The molecule has 140 valence electrons. The number of aromatic nitrogens is 3. The van der Waals surface area contributed by atoms with Crippen molar-refractivity contribution in [3.05, 3.63) is 59.0 Å². The quantitative estimate of drug-likeness (QED) is 0.721. The summed E-state index contributed by atoms with van der Waals surface area (Å²) in [7, 11) is 1.98. The second kappa shape index (κ2) is 7.56. The predicted octanol–water partition coefficient (Wildman–Crippen LogP) is 4.43. The third kappa shape index (κ3) is 3.76. The van der Waals surface area contributed by atoms with Crippen molar-refractivity contribution >= 4 is 23.2 Å². The fraction of sp³-hybridized carbons (Fsp3) is 0.300. The maximum Gasteiger partial charge on any atom is 0.172 e. The first-order chi connectivity index (χ1) is 13.1. The maximum absolute atomic E-state index is 13.1. The molecule has 7 heteroatoms. The predicted molar refractivity (Wildman–Crippen MR) is 107 cm³/mol. The number of nitrogens with one attached hydrogen (secondary N) is 1. The Balaban J connectivity index is 1.71. The number of fused-ring (bicyclic) bond motifs is 1. The minimum absolute atomic E-state index is 0.500. The van der Waals surface area contributed by atoms with Crippen LogP contribution in [-0.4, -0.2) is 27.6 Å². The van der Waals surface area contributed by atoms with Crippen LogP contribution in [0.25, 0.3) is 11.3 Å². The fourth-order valence-electron chi connectivity index (χ4n) is 3.29. The molecular weight excluding hydrogens is 365 g/mol. The molecule has 1 aromatic carbocycles. The molecule has 0 unspecified atom stereocenters. The molecule has 0 atom stereocenters. The van der Waals surface area contributed by atoms with Crippen LogP contribution in [0.1, 0.15) is 17.5 Å². The summed E-state index contributed by atoms with van der Waals surface area (Å²) in [5, 5.41) is 3.99. The van der Waals surface area contributed by atoms with Crippen LogP contribution in [0, 0.1) is 0 Å². The summed E-state index contributed by atoms with van der Waals surface area (Å²) in [6.07, 6.45) is 6.76. The van der Waals surface area contributed by atoms with Crippen LogP contribution in [0.2, 0.25) is 5.02 Å².